The van der Waals surface area contributed by atoms with Crippen molar-refractivity contribution in [2.75, 3.05) is 0 Å². The van der Waals surface area contributed by atoms with Gasteiger partial charge in [0, 0.05) is 11.1 Å². The summed E-state index contributed by atoms with van der Waals surface area (Å²) in [4.78, 5) is 12.3. The van der Waals surface area contributed by atoms with Crippen LogP contribution in [0.5, 0.6) is 0 Å². The highest BCUT2D eigenvalue weighted by Crippen LogP contribution is 2.25. The molecule has 0 aliphatic heterocycles. The van der Waals surface area contributed by atoms with Crippen molar-refractivity contribution in [3.05, 3.63) is 69.5 Å². The molecule has 2 rings (SSSR count). The topological polar surface area (TPSA) is 29.1 Å². The van der Waals surface area contributed by atoms with Crippen molar-refractivity contribution in [2.24, 2.45) is 0 Å². The second-order valence-corrected chi connectivity index (χ2v) is 6.00. The Balaban J connectivity index is 2.25. The highest BCUT2D eigenvalue weighted by Gasteiger charge is 2.26. The number of amides is 1. The van der Waals surface area contributed by atoms with Gasteiger partial charge in [0.1, 0.15) is 5.82 Å². The number of nitrogens with one attached hydrogen (secondary N) is 1. The number of rotatable bonds is 3. The molecule has 110 valence electrons. The fourth-order valence-electron chi connectivity index (χ4n) is 2.03. The number of carbonyl (C=O) groups is 1. The first-order valence-corrected chi connectivity index (χ1v) is 7.09. The molecular formula is C16H14Cl2FNO. The lowest BCUT2D eigenvalue weighted by Gasteiger charge is -2.27. The van der Waals surface area contributed by atoms with Gasteiger partial charge in [-0.2, -0.15) is 0 Å². The lowest BCUT2D eigenvalue weighted by atomic mass is 9.93. The van der Waals surface area contributed by atoms with Crippen molar-refractivity contribution in [1.29, 1.82) is 0 Å². The predicted octanol–water partition coefficient (Wildman–Crippen LogP) is 4.80. The molecule has 5 heteroatoms. The number of carbonyl (C=O) groups excluding carboxylic acids is 1. The number of halogens is 3. The largest absolute Gasteiger partial charge is 0.343 e. The van der Waals surface area contributed by atoms with E-state index in [1.165, 1.54) is 12.1 Å². The van der Waals surface area contributed by atoms with Crippen LogP contribution in [0.1, 0.15) is 29.8 Å². The first-order chi connectivity index (χ1) is 9.81. The van der Waals surface area contributed by atoms with Gasteiger partial charge >= 0.3 is 0 Å². The highest BCUT2D eigenvalue weighted by molar-refractivity contribution is 6.42. The Morgan fingerprint density at radius 2 is 1.76 bits per heavy atom. The van der Waals surface area contributed by atoms with Crippen molar-refractivity contribution >= 4 is 29.1 Å². The Morgan fingerprint density at radius 3 is 2.38 bits per heavy atom. The molecular weight excluding hydrogens is 312 g/mol. The summed E-state index contributed by atoms with van der Waals surface area (Å²) in [6.45, 7) is 3.47. The van der Waals surface area contributed by atoms with E-state index in [2.05, 4.69) is 5.32 Å². The molecule has 1 amide bonds. The van der Waals surface area contributed by atoms with Gasteiger partial charge in [0.2, 0.25) is 0 Å². The molecule has 0 spiro atoms. The Hall–Kier alpha value is -1.58. The fraction of sp³-hybridized carbons (Fsp3) is 0.188. The maximum absolute atomic E-state index is 13.9. The van der Waals surface area contributed by atoms with Crippen molar-refractivity contribution in [3.8, 4) is 0 Å². The minimum atomic E-state index is -0.853. The molecule has 0 saturated heterocycles. The molecule has 0 atom stereocenters. The average Bonchev–Trinajstić information content (AvgIpc) is 2.41. The second kappa shape index (κ2) is 6.04. The van der Waals surface area contributed by atoms with E-state index in [1.54, 1.807) is 44.2 Å². The van der Waals surface area contributed by atoms with Crippen LogP contribution in [0, 0.1) is 5.82 Å². The fourth-order valence-corrected chi connectivity index (χ4v) is 2.33. The van der Waals surface area contributed by atoms with Crippen molar-refractivity contribution in [2.45, 2.75) is 19.4 Å². The number of hydrogen-bond donors (Lipinski definition) is 1. The molecule has 2 nitrogen and oxygen atoms in total. The molecule has 0 aromatic heterocycles. The van der Waals surface area contributed by atoms with Crippen LogP contribution in [-0.4, -0.2) is 5.91 Å². The Morgan fingerprint density at radius 1 is 1.10 bits per heavy atom. The Labute approximate surface area is 132 Å². The van der Waals surface area contributed by atoms with Crippen molar-refractivity contribution in [1.82, 2.24) is 5.32 Å². The Bertz CT molecular complexity index is 686. The quantitative estimate of drug-likeness (QED) is 0.863. The number of benzene rings is 2. The lowest BCUT2D eigenvalue weighted by Crippen LogP contribution is -2.41. The maximum atomic E-state index is 13.9. The third kappa shape index (κ3) is 3.55. The van der Waals surface area contributed by atoms with E-state index in [1.807, 2.05) is 0 Å². The van der Waals surface area contributed by atoms with Crippen LogP contribution in [0.4, 0.5) is 4.39 Å². The molecule has 0 aliphatic carbocycles. The molecule has 2 aromatic carbocycles. The van der Waals surface area contributed by atoms with Crippen molar-refractivity contribution in [3.63, 3.8) is 0 Å². The van der Waals surface area contributed by atoms with Crippen LogP contribution in [-0.2, 0) is 5.54 Å². The van der Waals surface area contributed by atoms with E-state index in [9.17, 15) is 9.18 Å². The van der Waals surface area contributed by atoms with Gasteiger partial charge in [0.25, 0.3) is 5.91 Å². The smallest absolute Gasteiger partial charge is 0.252 e. The molecule has 0 fully saturated rings. The summed E-state index contributed by atoms with van der Waals surface area (Å²) in [5.41, 5.74) is -0.0682. The molecule has 2 aromatic rings. The summed E-state index contributed by atoms with van der Waals surface area (Å²) in [6.07, 6.45) is 0. The van der Waals surface area contributed by atoms with Gasteiger partial charge in [-0.1, -0.05) is 41.4 Å². The first-order valence-electron chi connectivity index (χ1n) is 6.34. The normalized spacial score (nSPS) is 11.3. The summed E-state index contributed by atoms with van der Waals surface area (Å²) < 4.78 is 13.9. The molecule has 0 unspecified atom stereocenters. The predicted molar refractivity (Wildman–Crippen MR) is 83.4 cm³/mol. The van der Waals surface area contributed by atoms with Crippen LogP contribution in [0.15, 0.2) is 42.5 Å². The van der Waals surface area contributed by atoms with E-state index in [0.717, 1.165) is 0 Å². The van der Waals surface area contributed by atoms with Crippen LogP contribution >= 0.6 is 23.2 Å². The zero-order valence-electron chi connectivity index (χ0n) is 11.6. The zero-order chi connectivity index (χ0) is 15.6. The molecule has 0 radical (unpaired) electrons. The van der Waals surface area contributed by atoms with Crippen molar-refractivity contribution < 1.29 is 9.18 Å². The van der Waals surface area contributed by atoms with E-state index < -0.39 is 5.54 Å². The molecule has 0 saturated carbocycles. The van der Waals surface area contributed by atoms with E-state index in [4.69, 9.17) is 23.2 Å². The summed E-state index contributed by atoms with van der Waals surface area (Å²) in [5.74, 6) is -0.709. The molecule has 0 aliphatic rings. The molecule has 1 N–H and O–H groups in total. The lowest BCUT2D eigenvalue weighted by molar-refractivity contribution is 0.0911. The summed E-state index contributed by atoms with van der Waals surface area (Å²) in [6, 6.07) is 10.9. The van der Waals surface area contributed by atoms with Gasteiger partial charge in [0.15, 0.2) is 0 Å². The monoisotopic (exact) mass is 325 g/mol. The van der Waals surface area contributed by atoms with Gasteiger partial charge in [-0.15, -0.1) is 0 Å². The average molecular weight is 326 g/mol. The minimum absolute atomic E-state index is 0.299. The van der Waals surface area contributed by atoms with Gasteiger partial charge in [-0.05, 0) is 38.1 Å². The highest BCUT2D eigenvalue weighted by atomic mass is 35.5. The van der Waals surface area contributed by atoms with Gasteiger partial charge in [-0.25, -0.2) is 4.39 Å². The Kier molecular flexibility index (Phi) is 4.55. The maximum Gasteiger partial charge on any atom is 0.252 e. The van der Waals surface area contributed by atoms with E-state index >= 15 is 0 Å². The molecule has 21 heavy (non-hydrogen) atoms. The SMILES string of the molecule is CC(C)(NC(=O)c1ccc(Cl)c(Cl)c1)c1ccccc1F. The van der Waals surface area contributed by atoms with Crippen LogP contribution in [0.25, 0.3) is 0 Å². The minimum Gasteiger partial charge on any atom is -0.343 e. The standard InChI is InChI=1S/C16H14Cl2FNO/c1-16(2,11-5-3-4-6-14(11)19)20-15(21)10-7-8-12(17)13(18)9-10/h3-9H,1-2H3,(H,20,21). The first kappa shape index (κ1) is 15.8. The third-order valence-corrected chi connectivity index (χ3v) is 3.89. The molecule has 0 bridgehead atoms. The summed E-state index contributed by atoms with van der Waals surface area (Å²) in [7, 11) is 0. The van der Waals surface area contributed by atoms with Crippen LogP contribution in [0.3, 0.4) is 0 Å². The second-order valence-electron chi connectivity index (χ2n) is 5.19. The summed E-state index contributed by atoms with van der Waals surface area (Å²) >= 11 is 11.7. The number of hydrogen-bond acceptors (Lipinski definition) is 1. The van der Waals surface area contributed by atoms with Crippen LogP contribution in [0.2, 0.25) is 10.0 Å². The zero-order valence-corrected chi connectivity index (χ0v) is 13.1. The summed E-state index contributed by atoms with van der Waals surface area (Å²) in [5, 5.41) is 3.47. The van der Waals surface area contributed by atoms with Gasteiger partial charge in [0.05, 0.1) is 15.6 Å². The third-order valence-electron chi connectivity index (χ3n) is 3.16. The van der Waals surface area contributed by atoms with E-state index in [0.29, 0.717) is 21.2 Å². The molecule has 0 heterocycles. The van der Waals surface area contributed by atoms with Crippen LogP contribution < -0.4 is 5.32 Å². The van der Waals surface area contributed by atoms with Gasteiger partial charge in [-0.3, -0.25) is 4.79 Å². The van der Waals surface area contributed by atoms with Gasteiger partial charge < -0.3 is 5.32 Å². The van der Waals surface area contributed by atoms with E-state index in [-0.39, 0.29) is 11.7 Å².